The molecule has 88 valence electrons. The van der Waals surface area contributed by atoms with Crippen molar-refractivity contribution in [1.29, 1.82) is 0 Å². The van der Waals surface area contributed by atoms with Crippen molar-refractivity contribution in [3.05, 3.63) is 29.6 Å². The monoisotopic (exact) mass is 234 g/mol. The van der Waals surface area contributed by atoms with E-state index in [2.05, 4.69) is 9.47 Å². The summed E-state index contributed by atoms with van der Waals surface area (Å²) in [6.45, 7) is 1.19. The molecule has 6 heteroatoms. The van der Waals surface area contributed by atoms with E-state index in [1.54, 1.807) is 6.92 Å². The molecule has 0 aromatic heterocycles. The third-order valence-corrected chi connectivity index (χ3v) is 1.65. The first-order chi connectivity index (χ1) is 7.56. The number of halogens is 3. The fourth-order valence-electron chi connectivity index (χ4n) is 0.959. The first-order valence-electron chi connectivity index (χ1n) is 4.48. The molecule has 0 heterocycles. The molecule has 3 nitrogen and oxygen atoms in total. The maximum atomic E-state index is 13.0. The van der Waals surface area contributed by atoms with Crippen molar-refractivity contribution in [2.75, 3.05) is 13.2 Å². The zero-order valence-electron chi connectivity index (χ0n) is 8.43. The van der Waals surface area contributed by atoms with E-state index in [0.717, 1.165) is 6.07 Å². The lowest BCUT2D eigenvalue weighted by Crippen LogP contribution is -2.15. The highest BCUT2D eigenvalue weighted by atomic mass is 19.2. The Hall–Kier alpha value is -1.72. The molecule has 1 rings (SSSR count). The summed E-state index contributed by atoms with van der Waals surface area (Å²) in [5.74, 6) is -5.68. The van der Waals surface area contributed by atoms with Gasteiger partial charge in [0.05, 0.1) is 6.61 Å². The van der Waals surface area contributed by atoms with Crippen LogP contribution in [0.1, 0.15) is 6.92 Å². The second kappa shape index (κ2) is 5.39. The number of esters is 1. The minimum Gasteiger partial charge on any atom is -0.479 e. The van der Waals surface area contributed by atoms with Gasteiger partial charge in [-0.2, -0.15) is 4.39 Å². The van der Waals surface area contributed by atoms with Crippen LogP contribution in [-0.4, -0.2) is 19.2 Å². The number of carbonyl (C=O) groups excluding carboxylic acids is 1. The number of benzene rings is 1. The van der Waals surface area contributed by atoms with Gasteiger partial charge in [-0.1, -0.05) is 0 Å². The Kier molecular flexibility index (Phi) is 4.16. The Morgan fingerprint density at radius 3 is 2.56 bits per heavy atom. The minimum absolute atomic E-state index is 0.155. The first-order valence-corrected chi connectivity index (χ1v) is 4.48. The molecular formula is C10H9F3O3. The van der Waals surface area contributed by atoms with Crippen LogP contribution in [0.2, 0.25) is 0 Å². The molecule has 0 amide bonds. The standard InChI is InChI=1S/C10H9F3O3/c1-2-15-8(14)5-16-7-4-3-6(11)9(12)10(7)13/h3-4H,2,5H2,1H3. The van der Waals surface area contributed by atoms with Crippen LogP contribution in [0, 0.1) is 17.5 Å². The number of hydrogen-bond donors (Lipinski definition) is 0. The second-order valence-electron chi connectivity index (χ2n) is 2.77. The molecule has 0 unspecified atom stereocenters. The number of hydrogen-bond acceptors (Lipinski definition) is 3. The SMILES string of the molecule is CCOC(=O)COc1ccc(F)c(F)c1F. The fourth-order valence-corrected chi connectivity index (χ4v) is 0.959. The second-order valence-corrected chi connectivity index (χ2v) is 2.77. The molecule has 0 saturated carbocycles. The molecule has 0 atom stereocenters. The van der Waals surface area contributed by atoms with E-state index >= 15 is 0 Å². The van der Waals surface area contributed by atoms with Crippen molar-refractivity contribution in [3.63, 3.8) is 0 Å². The summed E-state index contributed by atoms with van der Waals surface area (Å²) in [7, 11) is 0. The molecule has 0 aliphatic heterocycles. The summed E-state index contributed by atoms with van der Waals surface area (Å²) in [5.41, 5.74) is 0. The van der Waals surface area contributed by atoms with Crippen LogP contribution in [0.3, 0.4) is 0 Å². The van der Waals surface area contributed by atoms with E-state index in [0.29, 0.717) is 6.07 Å². The highest BCUT2D eigenvalue weighted by Gasteiger charge is 2.15. The normalized spacial score (nSPS) is 10.0. The Balaban J connectivity index is 2.68. The Labute approximate surface area is 89.8 Å². The predicted molar refractivity (Wildman–Crippen MR) is 48.4 cm³/mol. The van der Waals surface area contributed by atoms with Crippen LogP contribution in [0.4, 0.5) is 13.2 Å². The topological polar surface area (TPSA) is 35.5 Å². The van der Waals surface area contributed by atoms with Gasteiger partial charge in [-0.25, -0.2) is 13.6 Å². The van der Waals surface area contributed by atoms with Gasteiger partial charge in [-0.15, -0.1) is 0 Å². The van der Waals surface area contributed by atoms with Crippen molar-refractivity contribution in [2.24, 2.45) is 0 Å². The quantitative estimate of drug-likeness (QED) is 0.590. The molecule has 0 aliphatic rings. The van der Waals surface area contributed by atoms with Crippen LogP contribution in [0.5, 0.6) is 5.75 Å². The first kappa shape index (κ1) is 12.4. The molecule has 0 N–H and O–H groups in total. The third kappa shape index (κ3) is 2.88. The van der Waals surface area contributed by atoms with Crippen molar-refractivity contribution < 1.29 is 27.4 Å². The molecule has 0 bridgehead atoms. The van der Waals surface area contributed by atoms with E-state index in [1.807, 2.05) is 0 Å². The smallest absolute Gasteiger partial charge is 0.344 e. The van der Waals surface area contributed by atoms with E-state index in [-0.39, 0.29) is 6.61 Å². The van der Waals surface area contributed by atoms with Crippen LogP contribution in [0.25, 0.3) is 0 Å². The largest absolute Gasteiger partial charge is 0.479 e. The Morgan fingerprint density at radius 1 is 1.25 bits per heavy atom. The van der Waals surface area contributed by atoms with Gasteiger partial charge in [0.2, 0.25) is 5.82 Å². The summed E-state index contributed by atoms with van der Waals surface area (Å²) in [4.78, 5) is 10.8. The summed E-state index contributed by atoms with van der Waals surface area (Å²) < 4.78 is 47.4. The van der Waals surface area contributed by atoms with Gasteiger partial charge in [0.15, 0.2) is 24.0 Å². The third-order valence-electron chi connectivity index (χ3n) is 1.65. The summed E-state index contributed by atoms with van der Waals surface area (Å²) >= 11 is 0. The van der Waals surface area contributed by atoms with Gasteiger partial charge >= 0.3 is 5.97 Å². The highest BCUT2D eigenvalue weighted by molar-refractivity contribution is 5.71. The molecule has 1 aromatic rings. The number of carbonyl (C=O) groups is 1. The summed E-state index contributed by atoms with van der Waals surface area (Å²) in [5, 5.41) is 0. The van der Waals surface area contributed by atoms with E-state index in [9.17, 15) is 18.0 Å². The molecule has 0 fully saturated rings. The van der Waals surface area contributed by atoms with Crippen molar-refractivity contribution >= 4 is 5.97 Å². The fraction of sp³-hybridized carbons (Fsp3) is 0.300. The average molecular weight is 234 g/mol. The van der Waals surface area contributed by atoms with Gasteiger partial charge < -0.3 is 9.47 Å². The van der Waals surface area contributed by atoms with Gasteiger partial charge in [0.1, 0.15) is 0 Å². The Morgan fingerprint density at radius 2 is 1.94 bits per heavy atom. The van der Waals surface area contributed by atoms with Gasteiger partial charge in [-0.3, -0.25) is 0 Å². The zero-order valence-corrected chi connectivity index (χ0v) is 8.43. The zero-order chi connectivity index (χ0) is 12.1. The van der Waals surface area contributed by atoms with E-state index < -0.39 is 35.8 Å². The van der Waals surface area contributed by atoms with Crippen LogP contribution < -0.4 is 4.74 Å². The van der Waals surface area contributed by atoms with Crippen LogP contribution in [-0.2, 0) is 9.53 Å². The Bertz CT molecular complexity index is 393. The van der Waals surface area contributed by atoms with Gasteiger partial charge in [0.25, 0.3) is 0 Å². The lowest BCUT2D eigenvalue weighted by atomic mass is 10.3. The summed E-state index contributed by atoms with van der Waals surface area (Å²) in [6, 6.07) is 1.60. The summed E-state index contributed by atoms with van der Waals surface area (Å²) in [6.07, 6.45) is 0. The van der Waals surface area contributed by atoms with Crippen LogP contribution in [0.15, 0.2) is 12.1 Å². The maximum absolute atomic E-state index is 13.0. The molecule has 0 spiro atoms. The average Bonchev–Trinajstić information content (AvgIpc) is 2.25. The predicted octanol–water partition coefficient (Wildman–Crippen LogP) is 2.05. The maximum Gasteiger partial charge on any atom is 0.344 e. The minimum atomic E-state index is -1.64. The van der Waals surface area contributed by atoms with Crippen LogP contribution >= 0.6 is 0 Å². The lowest BCUT2D eigenvalue weighted by molar-refractivity contribution is -0.145. The highest BCUT2D eigenvalue weighted by Crippen LogP contribution is 2.21. The molecule has 0 aliphatic carbocycles. The molecule has 0 saturated heterocycles. The van der Waals surface area contributed by atoms with Gasteiger partial charge in [-0.05, 0) is 19.1 Å². The lowest BCUT2D eigenvalue weighted by Gasteiger charge is -2.07. The van der Waals surface area contributed by atoms with Crippen molar-refractivity contribution in [2.45, 2.75) is 6.92 Å². The molecule has 0 radical (unpaired) electrons. The molecule has 1 aromatic carbocycles. The number of ether oxygens (including phenoxy) is 2. The van der Waals surface area contributed by atoms with Crippen molar-refractivity contribution in [1.82, 2.24) is 0 Å². The van der Waals surface area contributed by atoms with E-state index in [1.165, 1.54) is 0 Å². The van der Waals surface area contributed by atoms with Gasteiger partial charge in [0, 0.05) is 0 Å². The molecule has 16 heavy (non-hydrogen) atoms. The van der Waals surface area contributed by atoms with E-state index in [4.69, 9.17) is 0 Å². The molecular weight excluding hydrogens is 225 g/mol. The number of rotatable bonds is 4. The van der Waals surface area contributed by atoms with Crippen molar-refractivity contribution in [3.8, 4) is 5.75 Å².